The van der Waals surface area contributed by atoms with Gasteiger partial charge in [0.25, 0.3) is 0 Å². The second-order valence-electron chi connectivity index (χ2n) is 2.41. The molecule has 1 aromatic carbocycles. The molecule has 0 aliphatic rings. The van der Waals surface area contributed by atoms with Gasteiger partial charge in [0.15, 0.2) is 0 Å². The molecule has 0 amide bonds. The molecule has 0 aromatic heterocycles. The summed E-state index contributed by atoms with van der Waals surface area (Å²) in [6, 6.07) is 8.18. The molecule has 0 saturated carbocycles. The van der Waals surface area contributed by atoms with Gasteiger partial charge in [-0.1, -0.05) is 12.1 Å². The molecule has 0 saturated heterocycles. The van der Waals surface area contributed by atoms with Crippen LogP contribution in [0.5, 0.6) is 0 Å². The van der Waals surface area contributed by atoms with Gasteiger partial charge in [-0.25, -0.2) is 0 Å². The van der Waals surface area contributed by atoms with Gasteiger partial charge in [0.05, 0.1) is 6.07 Å². The molecule has 1 rings (SSSR count). The van der Waals surface area contributed by atoms with Crippen molar-refractivity contribution in [3.05, 3.63) is 34.7 Å². The van der Waals surface area contributed by atoms with Crippen LogP contribution in [0.2, 0.25) is 0 Å². The first-order valence-electron chi connectivity index (χ1n) is 3.68. The van der Waals surface area contributed by atoms with Gasteiger partial charge in [0, 0.05) is 4.90 Å². The highest BCUT2D eigenvalue weighted by atomic mass is 32.2. The molecular weight excluding hydrogens is 184 g/mol. The largest absolute Gasteiger partial charge is 0.203 e. The van der Waals surface area contributed by atoms with Crippen molar-refractivity contribution in [3.63, 3.8) is 0 Å². The average Bonchev–Trinajstić information content (AvgIpc) is 2.21. The van der Waals surface area contributed by atoms with Crippen LogP contribution >= 0.6 is 11.8 Å². The van der Waals surface area contributed by atoms with Crippen LogP contribution in [-0.2, 0) is 0 Å². The smallest absolute Gasteiger partial charge is 0.195 e. The first-order valence-corrected chi connectivity index (χ1v) is 4.90. The van der Waals surface area contributed by atoms with E-state index in [1.807, 2.05) is 24.5 Å². The lowest BCUT2D eigenvalue weighted by molar-refractivity contribution is 0.914. The van der Waals surface area contributed by atoms with E-state index in [1.165, 1.54) is 0 Å². The Kier molecular flexibility index (Phi) is 3.47. The standard InChI is InChI=1S/C9H8N2OS/c1-13-8-4-2-7(3-5-8)9(6-10)11-12/h2-5,9H,1H3. The lowest BCUT2D eigenvalue weighted by Crippen LogP contribution is -1.89. The summed E-state index contributed by atoms with van der Waals surface area (Å²) < 4.78 is 0. The van der Waals surface area contributed by atoms with Crippen molar-refractivity contribution in [2.24, 2.45) is 5.18 Å². The molecule has 0 heterocycles. The molecule has 0 spiro atoms. The van der Waals surface area contributed by atoms with Crippen LogP contribution < -0.4 is 0 Å². The van der Waals surface area contributed by atoms with Crippen LogP contribution in [0.15, 0.2) is 34.3 Å². The highest BCUT2D eigenvalue weighted by Gasteiger charge is 2.08. The minimum absolute atomic E-state index is 0.648. The van der Waals surface area contributed by atoms with E-state index in [0.29, 0.717) is 5.56 Å². The molecular formula is C9H8N2OS. The van der Waals surface area contributed by atoms with Gasteiger partial charge < -0.3 is 0 Å². The van der Waals surface area contributed by atoms with Gasteiger partial charge in [0.2, 0.25) is 6.04 Å². The molecule has 4 heteroatoms. The Hall–Kier alpha value is -1.34. The van der Waals surface area contributed by atoms with Crippen LogP contribution in [0.1, 0.15) is 11.6 Å². The van der Waals surface area contributed by atoms with Gasteiger partial charge in [-0.2, -0.15) is 5.26 Å². The molecule has 0 bridgehead atoms. The van der Waals surface area contributed by atoms with Gasteiger partial charge in [0.1, 0.15) is 0 Å². The van der Waals surface area contributed by atoms with Crippen molar-refractivity contribution in [2.75, 3.05) is 6.26 Å². The quantitative estimate of drug-likeness (QED) is 0.546. The van der Waals surface area contributed by atoms with E-state index < -0.39 is 6.04 Å². The Labute approximate surface area is 80.7 Å². The summed E-state index contributed by atoms with van der Waals surface area (Å²) in [5.41, 5.74) is 0.648. The Balaban J connectivity index is 2.92. The summed E-state index contributed by atoms with van der Waals surface area (Å²) in [6.45, 7) is 0. The molecule has 13 heavy (non-hydrogen) atoms. The van der Waals surface area contributed by atoms with E-state index >= 15 is 0 Å². The molecule has 0 fully saturated rings. The number of nitrogens with zero attached hydrogens (tertiary/aromatic N) is 2. The zero-order valence-corrected chi connectivity index (χ0v) is 7.91. The van der Waals surface area contributed by atoms with Crippen molar-refractivity contribution >= 4 is 11.8 Å². The maximum Gasteiger partial charge on any atom is 0.203 e. The van der Waals surface area contributed by atoms with Gasteiger partial charge >= 0.3 is 0 Å². The first kappa shape index (κ1) is 9.75. The summed E-state index contributed by atoms with van der Waals surface area (Å²) in [4.78, 5) is 11.3. The summed E-state index contributed by atoms with van der Waals surface area (Å²) in [7, 11) is 0. The third-order valence-electron chi connectivity index (χ3n) is 1.66. The predicted octanol–water partition coefficient (Wildman–Crippen LogP) is 2.74. The number of rotatable bonds is 3. The minimum Gasteiger partial charge on any atom is -0.195 e. The summed E-state index contributed by atoms with van der Waals surface area (Å²) in [5.74, 6) is 0. The number of benzene rings is 1. The van der Waals surface area contributed by atoms with Crippen molar-refractivity contribution in [1.29, 1.82) is 5.26 Å². The summed E-state index contributed by atoms with van der Waals surface area (Å²) >= 11 is 1.61. The van der Waals surface area contributed by atoms with E-state index in [2.05, 4.69) is 5.18 Å². The van der Waals surface area contributed by atoms with Crippen LogP contribution in [0, 0.1) is 16.2 Å². The third kappa shape index (κ3) is 2.30. The molecule has 0 aliphatic heterocycles. The normalized spacial score (nSPS) is 11.7. The van der Waals surface area contributed by atoms with Crippen LogP contribution in [0.4, 0.5) is 0 Å². The molecule has 0 radical (unpaired) electrons. The highest BCUT2D eigenvalue weighted by Crippen LogP contribution is 2.20. The van der Waals surface area contributed by atoms with Crippen LogP contribution in [0.25, 0.3) is 0 Å². The maximum absolute atomic E-state index is 10.2. The summed E-state index contributed by atoms with van der Waals surface area (Å²) in [5, 5.41) is 11.3. The zero-order valence-electron chi connectivity index (χ0n) is 7.10. The second kappa shape index (κ2) is 4.63. The molecule has 1 aromatic rings. The molecule has 0 N–H and O–H groups in total. The molecule has 3 nitrogen and oxygen atoms in total. The Bertz CT molecular complexity index is 328. The topological polar surface area (TPSA) is 53.2 Å². The van der Waals surface area contributed by atoms with Crippen LogP contribution in [0.3, 0.4) is 0 Å². The van der Waals surface area contributed by atoms with E-state index in [9.17, 15) is 4.91 Å². The number of nitroso groups, excluding NO2 is 1. The first-order chi connectivity index (χ1) is 6.31. The van der Waals surface area contributed by atoms with Gasteiger partial charge in [-0.3, -0.25) is 0 Å². The fraction of sp³-hybridized carbons (Fsp3) is 0.222. The number of hydrogen-bond acceptors (Lipinski definition) is 4. The number of hydrogen-bond donors (Lipinski definition) is 0. The van der Waals surface area contributed by atoms with E-state index in [4.69, 9.17) is 5.26 Å². The molecule has 1 atom stereocenters. The summed E-state index contributed by atoms with van der Waals surface area (Å²) in [6.07, 6.45) is 1.97. The zero-order chi connectivity index (χ0) is 9.68. The minimum atomic E-state index is -0.879. The van der Waals surface area contributed by atoms with Crippen molar-refractivity contribution in [1.82, 2.24) is 0 Å². The molecule has 0 aliphatic carbocycles. The van der Waals surface area contributed by atoms with E-state index in [0.717, 1.165) is 4.90 Å². The lowest BCUT2D eigenvalue weighted by Gasteiger charge is -2.00. The predicted molar refractivity (Wildman–Crippen MR) is 52.4 cm³/mol. The van der Waals surface area contributed by atoms with Crippen molar-refractivity contribution in [2.45, 2.75) is 10.9 Å². The SMILES string of the molecule is CSc1ccc(C(C#N)N=O)cc1. The lowest BCUT2D eigenvalue weighted by atomic mass is 10.1. The van der Waals surface area contributed by atoms with Crippen molar-refractivity contribution < 1.29 is 0 Å². The number of thioether (sulfide) groups is 1. The third-order valence-corrected chi connectivity index (χ3v) is 2.40. The van der Waals surface area contributed by atoms with Crippen molar-refractivity contribution in [3.8, 4) is 6.07 Å². The Morgan fingerprint density at radius 2 is 2.08 bits per heavy atom. The average molecular weight is 192 g/mol. The Morgan fingerprint density at radius 1 is 1.46 bits per heavy atom. The maximum atomic E-state index is 10.2. The fourth-order valence-corrected chi connectivity index (χ4v) is 1.35. The fourth-order valence-electron chi connectivity index (χ4n) is 0.945. The van der Waals surface area contributed by atoms with Crippen LogP contribution in [-0.4, -0.2) is 6.26 Å². The Morgan fingerprint density at radius 3 is 2.46 bits per heavy atom. The monoisotopic (exact) mass is 192 g/mol. The second-order valence-corrected chi connectivity index (χ2v) is 3.29. The number of nitriles is 1. The molecule has 1 unspecified atom stereocenters. The highest BCUT2D eigenvalue weighted by molar-refractivity contribution is 7.98. The van der Waals surface area contributed by atoms with E-state index in [1.54, 1.807) is 23.9 Å². The van der Waals surface area contributed by atoms with E-state index in [-0.39, 0.29) is 0 Å². The van der Waals surface area contributed by atoms with Gasteiger partial charge in [-0.15, -0.1) is 16.7 Å². The van der Waals surface area contributed by atoms with Gasteiger partial charge in [-0.05, 0) is 29.1 Å². The molecule has 66 valence electrons.